The first-order valence-corrected chi connectivity index (χ1v) is 8.92. The minimum absolute atomic E-state index is 0.00283. The van der Waals surface area contributed by atoms with Gasteiger partial charge in [0.25, 0.3) is 0 Å². The lowest BCUT2D eigenvalue weighted by atomic mass is 10.0. The molecule has 1 aromatic carbocycles. The largest absolute Gasteiger partial charge is 0.768 e. The van der Waals surface area contributed by atoms with Crippen LogP contribution in [-0.2, 0) is 15.8 Å². The molecule has 0 bridgehead atoms. The molecule has 11 heteroatoms. The molecule has 2 atom stereocenters. The lowest BCUT2D eigenvalue weighted by molar-refractivity contribution is -0.104. The zero-order chi connectivity index (χ0) is 20.4. The Balaban J connectivity index is 2.18. The SMILES string of the molecule is C[C@@H](OC1=C(C(F)(F)F)CN=C(Nc2ccc(S(=O)[O-])cc2)N1)C(C)(C)O. The summed E-state index contributed by atoms with van der Waals surface area (Å²) in [5.41, 5.74) is -1.95. The van der Waals surface area contributed by atoms with E-state index < -0.39 is 47.0 Å². The maximum Gasteiger partial charge on any atom is 0.419 e. The summed E-state index contributed by atoms with van der Waals surface area (Å²) in [7, 11) is 0. The molecule has 0 amide bonds. The molecule has 1 unspecified atom stereocenters. The number of nitrogens with zero attached hydrogens (tertiary/aromatic N) is 1. The molecule has 150 valence electrons. The van der Waals surface area contributed by atoms with Gasteiger partial charge in [-0.15, -0.1) is 0 Å². The highest BCUT2D eigenvalue weighted by Gasteiger charge is 2.40. The van der Waals surface area contributed by atoms with E-state index in [1.807, 2.05) is 0 Å². The van der Waals surface area contributed by atoms with Crippen LogP contribution >= 0.6 is 0 Å². The van der Waals surface area contributed by atoms with Gasteiger partial charge in [0.15, 0.2) is 0 Å². The summed E-state index contributed by atoms with van der Waals surface area (Å²) in [6, 6.07) is 5.55. The molecule has 1 heterocycles. The molecule has 1 aromatic rings. The zero-order valence-corrected chi connectivity index (χ0v) is 15.6. The zero-order valence-electron chi connectivity index (χ0n) is 14.8. The molecule has 0 saturated heterocycles. The standard InChI is InChI=1S/C16H20F3N3O4S/c1-9(15(2,3)23)26-13-12(16(17,18)19)8-20-14(22-13)21-10-4-6-11(7-5-10)27(24)25/h4-7,9,23H,8H2,1-3H3,(H,24,25)(H2,20,21,22)/p-1/t9-/m1/s1. The second kappa shape index (κ2) is 7.87. The van der Waals surface area contributed by atoms with Crippen LogP contribution < -0.4 is 10.6 Å². The molecule has 27 heavy (non-hydrogen) atoms. The fourth-order valence-corrected chi connectivity index (χ4v) is 2.31. The van der Waals surface area contributed by atoms with Crippen LogP contribution in [0, 0.1) is 0 Å². The van der Waals surface area contributed by atoms with Crippen molar-refractivity contribution in [3.63, 3.8) is 0 Å². The number of anilines is 1. The van der Waals surface area contributed by atoms with Gasteiger partial charge in [-0.25, -0.2) is 4.99 Å². The highest BCUT2D eigenvalue weighted by Crippen LogP contribution is 2.31. The number of nitrogens with one attached hydrogen (secondary N) is 2. The Hall–Kier alpha value is -2.11. The van der Waals surface area contributed by atoms with E-state index in [1.165, 1.54) is 45.0 Å². The summed E-state index contributed by atoms with van der Waals surface area (Å²) in [6.45, 7) is 3.62. The monoisotopic (exact) mass is 406 g/mol. The van der Waals surface area contributed by atoms with Crippen LogP contribution in [0.4, 0.5) is 18.9 Å². The van der Waals surface area contributed by atoms with Gasteiger partial charge in [-0.05, 0) is 56.1 Å². The molecule has 2 rings (SSSR count). The summed E-state index contributed by atoms with van der Waals surface area (Å²) in [5, 5.41) is 15.1. The minimum atomic E-state index is -4.66. The van der Waals surface area contributed by atoms with Crippen LogP contribution in [0.3, 0.4) is 0 Å². The van der Waals surface area contributed by atoms with Crippen molar-refractivity contribution in [2.75, 3.05) is 11.9 Å². The maximum absolute atomic E-state index is 13.2. The molecule has 0 aromatic heterocycles. The lowest BCUT2D eigenvalue weighted by Crippen LogP contribution is -2.43. The topological polar surface area (TPSA) is 106 Å². The summed E-state index contributed by atoms with van der Waals surface area (Å²) in [5.74, 6) is -0.552. The number of guanidine groups is 1. The summed E-state index contributed by atoms with van der Waals surface area (Å²) in [4.78, 5) is 3.87. The Kier molecular flexibility index (Phi) is 6.17. The molecular formula is C16H19F3N3O4S-. The predicted octanol–water partition coefficient (Wildman–Crippen LogP) is 2.25. The average molecular weight is 406 g/mol. The maximum atomic E-state index is 13.2. The summed E-state index contributed by atoms with van der Waals surface area (Å²) >= 11 is -2.38. The van der Waals surface area contributed by atoms with Crippen LogP contribution in [0.2, 0.25) is 0 Å². The number of aliphatic hydroxyl groups is 1. The molecule has 1 aliphatic heterocycles. The van der Waals surface area contributed by atoms with Crippen molar-refractivity contribution in [3.05, 3.63) is 35.7 Å². The number of hydrogen-bond acceptors (Lipinski definition) is 7. The minimum Gasteiger partial charge on any atom is -0.768 e. The molecule has 1 aliphatic rings. The highest BCUT2D eigenvalue weighted by molar-refractivity contribution is 7.79. The third-order valence-electron chi connectivity index (χ3n) is 3.84. The number of alkyl halides is 3. The van der Waals surface area contributed by atoms with Gasteiger partial charge in [0, 0.05) is 10.6 Å². The molecular weight excluding hydrogens is 387 g/mol. The van der Waals surface area contributed by atoms with Crippen LogP contribution in [-0.4, -0.2) is 44.3 Å². The second-order valence-corrected chi connectivity index (χ2v) is 7.33. The van der Waals surface area contributed by atoms with Crippen molar-refractivity contribution in [3.8, 4) is 0 Å². The van der Waals surface area contributed by atoms with Gasteiger partial charge in [-0.1, -0.05) is 0 Å². The fourth-order valence-electron chi connectivity index (χ4n) is 1.95. The summed E-state index contributed by atoms with van der Waals surface area (Å²) in [6.07, 6.45) is -5.58. The number of hydrogen-bond donors (Lipinski definition) is 3. The van der Waals surface area contributed by atoms with Gasteiger partial charge >= 0.3 is 6.18 Å². The molecule has 0 aliphatic carbocycles. The van der Waals surface area contributed by atoms with Gasteiger partial charge in [-0.2, -0.15) is 13.2 Å². The summed E-state index contributed by atoms with van der Waals surface area (Å²) < 4.78 is 66.7. The highest BCUT2D eigenvalue weighted by atomic mass is 32.2. The Morgan fingerprint density at radius 2 is 1.93 bits per heavy atom. The third kappa shape index (κ3) is 5.68. The lowest BCUT2D eigenvalue weighted by Gasteiger charge is -2.31. The van der Waals surface area contributed by atoms with Gasteiger partial charge in [0.1, 0.15) is 11.7 Å². The number of aliphatic imine (C=N–C) groups is 1. The Labute approximate surface area is 156 Å². The van der Waals surface area contributed by atoms with Crippen molar-refractivity contribution >= 4 is 22.7 Å². The van der Waals surface area contributed by atoms with E-state index >= 15 is 0 Å². The molecule has 0 spiro atoms. The van der Waals surface area contributed by atoms with E-state index in [1.54, 1.807) is 0 Å². The Morgan fingerprint density at radius 1 is 1.33 bits per heavy atom. The fraction of sp³-hybridized carbons (Fsp3) is 0.438. The van der Waals surface area contributed by atoms with Crippen molar-refractivity contribution < 1.29 is 31.8 Å². The van der Waals surface area contributed by atoms with Gasteiger partial charge < -0.3 is 19.7 Å². The van der Waals surface area contributed by atoms with Crippen LogP contribution in [0.1, 0.15) is 20.8 Å². The first-order valence-electron chi connectivity index (χ1n) is 7.85. The van der Waals surface area contributed by atoms with E-state index in [4.69, 9.17) is 4.74 Å². The van der Waals surface area contributed by atoms with Crippen LogP contribution in [0.5, 0.6) is 0 Å². The van der Waals surface area contributed by atoms with Gasteiger partial charge in [-0.3, -0.25) is 9.53 Å². The average Bonchev–Trinajstić information content (AvgIpc) is 2.53. The molecule has 7 nitrogen and oxygen atoms in total. The molecule has 3 N–H and O–H groups in total. The normalized spacial score (nSPS) is 17.7. The number of ether oxygens (including phenoxy) is 1. The molecule has 0 fully saturated rings. The van der Waals surface area contributed by atoms with E-state index in [-0.39, 0.29) is 10.9 Å². The van der Waals surface area contributed by atoms with Crippen molar-refractivity contribution in [1.29, 1.82) is 0 Å². The van der Waals surface area contributed by atoms with Gasteiger partial charge in [0.05, 0.1) is 12.1 Å². The first kappa shape index (κ1) is 21.2. The van der Waals surface area contributed by atoms with E-state index in [0.29, 0.717) is 5.69 Å². The number of halogens is 3. The van der Waals surface area contributed by atoms with Crippen molar-refractivity contribution in [1.82, 2.24) is 5.32 Å². The third-order valence-corrected chi connectivity index (χ3v) is 4.50. The Morgan fingerprint density at radius 3 is 2.41 bits per heavy atom. The van der Waals surface area contributed by atoms with Crippen molar-refractivity contribution in [2.45, 2.75) is 43.5 Å². The van der Waals surface area contributed by atoms with Crippen molar-refractivity contribution in [2.24, 2.45) is 4.99 Å². The van der Waals surface area contributed by atoms with E-state index in [9.17, 15) is 27.0 Å². The van der Waals surface area contributed by atoms with Crippen LogP contribution in [0.15, 0.2) is 45.6 Å². The smallest absolute Gasteiger partial charge is 0.419 e. The van der Waals surface area contributed by atoms with Gasteiger partial charge in [0.2, 0.25) is 11.8 Å². The second-order valence-electron chi connectivity index (χ2n) is 6.39. The predicted molar refractivity (Wildman–Crippen MR) is 92.6 cm³/mol. The van der Waals surface area contributed by atoms with E-state index in [2.05, 4.69) is 15.6 Å². The quantitative estimate of drug-likeness (QED) is 0.648. The molecule has 0 saturated carbocycles. The van der Waals surface area contributed by atoms with E-state index in [0.717, 1.165) is 0 Å². The first-order chi connectivity index (χ1) is 12.4. The number of benzene rings is 1. The Bertz CT molecular complexity index is 771. The van der Waals surface area contributed by atoms with Crippen LogP contribution in [0.25, 0.3) is 0 Å². The number of rotatable bonds is 5. The molecule has 0 radical (unpaired) electrons.